The molecule has 1 N–H and O–H groups in total. The van der Waals surface area contributed by atoms with Crippen LogP contribution in [0.4, 0.5) is 0 Å². The third kappa shape index (κ3) is 2.71. The van der Waals surface area contributed by atoms with Crippen molar-refractivity contribution in [1.29, 1.82) is 0 Å². The lowest BCUT2D eigenvalue weighted by Gasteiger charge is -2.25. The van der Waals surface area contributed by atoms with Gasteiger partial charge < -0.3 is 24.1 Å². The highest BCUT2D eigenvalue weighted by Gasteiger charge is 2.30. The highest BCUT2D eigenvalue weighted by atomic mass is 16.7. The van der Waals surface area contributed by atoms with Crippen LogP contribution >= 0.6 is 0 Å². The van der Waals surface area contributed by atoms with Crippen molar-refractivity contribution >= 4 is 12.0 Å². The van der Waals surface area contributed by atoms with Gasteiger partial charge in [-0.2, -0.15) is 0 Å². The summed E-state index contributed by atoms with van der Waals surface area (Å²) in [7, 11) is 1.40. The molecular weight excluding hydrogens is 276 g/mol. The van der Waals surface area contributed by atoms with Crippen LogP contribution in [0.2, 0.25) is 0 Å². The second kappa shape index (κ2) is 5.49. The zero-order valence-corrected chi connectivity index (χ0v) is 11.3. The van der Waals surface area contributed by atoms with Gasteiger partial charge in [0.15, 0.2) is 23.7 Å². The maximum absolute atomic E-state index is 11.4. The van der Waals surface area contributed by atoms with E-state index >= 15 is 0 Å². The highest BCUT2D eigenvalue weighted by Crippen LogP contribution is 2.33. The average molecular weight is 290 g/mol. The van der Waals surface area contributed by atoms with Crippen LogP contribution in [0.25, 0.3) is 6.08 Å². The predicted molar refractivity (Wildman–Crippen MR) is 72.6 cm³/mol. The van der Waals surface area contributed by atoms with Gasteiger partial charge in [0.2, 0.25) is 6.79 Å². The molecule has 2 aliphatic heterocycles. The van der Waals surface area contributed by atoms with E-state index in [0.29, 0.717) is 11.5 Å². The van der Waals surface area contributed by atoms with E-state index in [2.05, 4.69) is 0 Å². The van der Waals surface area contributed by atoms with Gasteiger partial charge in [0.05, 0.1) is 13.2 Å². The molecule has 0 unspecified atom stereocenters. The Morgan fingerprint density at radius 1 is 1.33 bits per heavy atom. The van der Waals surface area contributed by atoms with Gasteiger partial charge in [0.1, 0.15) is 5.76 Å². The first-order valence-corrected chi connectivity index (χ1v) is 6.39. The second-order valence-corrected chi connectivity index (χ2v) is 4.57. The molecule has 0 aromatic heterocycles. The summed E-state index contributed by atoms with van der Waals surface area (Å²) >= 11 is 0. The maximum atomic E-state index is 11.4. The largest absolute Gasteiger partial charge is 0.498 e. The van der Waals surface area contributed by atoms with Crippen molar-refractivity contribution in [3.63, 3.8) is 0 Å². The van der Waals surface area contributed by atoms with Crippen LogP contribution in [0.1, 0.15) is 5.56 Å². The minimum Gasteiger partial charge on any atom is -0.498 e. The van der Waals surface area contributed by atoms with E-state index in [1.54, 1.807) is 18.2 Å². The number of esters is 1. The molecule has 1 aromatic carbocycles. The standard InChI is InChI=1S/C15H14O6/c1-18-13-7-14(16)21-11(15(13)17)5-3-9-2-4-10-12(6-9)20-8-19-10/h2-7,11,15,17H,8H2,1H3/b5-3+/t11-,15+/m0/s1. The van der Waals surface area contributed by atoms with E-state index < -0.39 is 18.2 Å². The number of carbonyl (C=O) groups excluding carboxylic acids is 1. The van der Waals surface area contributed by atoms with E-state index in [-0.39, 0.29) is 12.6 Å². The van der Waals surface area contributed by atoms with Gasteiger partial charge in [-0.15, -0.1) is 0 Å². The molecule has 1 aromatic rings. The van der Waals surface area contributed by atoms with Gasteiger partial charge in [-0.25, -0.2) is 4.79 Å². The Morgan fingerprint density at radius 2 is 2.14 bits per heavy atom. The van der Waals surface area contributed by atoms with Crippen LogP contribution in [-0.4, -0.2) is 37.2 Å². The number of fused-ring (bicyclic) bond motifs is 1. The van der Waals surface area contributed by atoms with E-state index in [4.69, 9.17) is 18.9 Å². The van der Waals surface area contributed by atoms with Crippen molar-refractivity contribution in [2.45, 2.75) is 12.2 Å². The third-order valence-electron chi connectivity index (χ3n) is 3.23. The molecule has 0 saturated heterocycles. The lowest BCUT2D eigenvalue weighted by molar-refractivity contribution is -0.148. The number of hydrogen-bond donors (Lipinski definition) is 1. The second-order valence-electron chi connectivity index (χ2n) is 4.57. The minimum atomic E-state index is -1.02. The molecule has 0 fully saturated rings. The molecule has 0 saturated carbocycles. The van der Waals surface area contributed by atoms with Gasteiger partial charge in [-0.3, -0.25) is 0 Å². The lowest BCUT2D eigenvalue weighted by atomic mass is 10.1. The molecule has 2 heterocycles. The highest BCUT2D eigenvalue weighted by molar-refractivity contribution is 5.84. The monoisotopic (exact) mass is 290 g/mol. The van der Waals surface area contributed by atoms with Crippen LogP contribution in [0.5, 0.6) is 11.5 Å². The molecule has 6 heteroatoms. The summed E-state index contributed by atoms with van der Waals surface area (Å²) in [5.41, 5.74) is 0.844. The Morgan fingerprint density at radius 3 is 2.95 bits per heavy atom. The summed E-state index contributed by atoms with van der Waals surface area (Å²) in [5.74, 6) is 1.00. The fraction of sp³-hybridized carbons (Fsp3) is 0.267. The first kappa shape index (κ1) is 13.5. The lowest BCUT2D eigenvalue weighted by Crippen LogP contribution is -2.35. The minimum absolute atomic E-state index is 0.187. The zero-order valence-electron chi connectivity index (χ0n) is 11.3. The third-order valence-corrected chi connectivity index (χ3v) is 3.23. The molecular formula is C15H14O6. The van der Waals surface area contributed by atoms with Crippen molar-refractivity contribution in [3.05, 3.63) is 41.7 Å². The number of aliphatic hydroxyl groups excluding tert-OH is 1. The van der Waals surface area contributed by atoms with Crippen molar-refractivity contribution in [2.24, 2.45) is 0 Å². The zero-order chi connectivity index (χ0) is 14.8. The summed E-state index contributed by atoms with van der Waals surface area (Å²) in [6.45, 7) is 0.212. The van der Waals surface area contributed by atoms with Crippen molar-refractivity contribution in [1.82, 2.24) is 0 Å². The number of rotatable bonds is 3. The van der Waals surface area contributed by atoms with Gasteiger partial charge >= 0.3 is 5.97 Å². The maximum Gasteiger partial charge on any atom is 0.334 e. The average Bonchev–Trinajstić information content (AvgIpc) is 2.95. The number of methoxy groups -OCH3 is 1. The van der Waals surface area contributed by atoms with E-state index in [9.17, 15) is 9.90 Å². The summed E-state index contributed by atoms with van der Waals surface area (Å²) in [6.07, 6.45) is 2.67. The molecule has 6 nitrogen and oxygen atoms in total. The van der Waals surface area contributed by atoms with Crippen molar-refractivity contribution in [3.8, 4) is 11.5 Å². The Labute approximate surface area is 121 Å². The fourth-order valence-electron chi connectivity index (χ4n) is 2.14. The summed E-state index contributed by atoms with van der Waals surface area (Å²) in [4.78, 5) is 11.4. The number of cyclic esters (lactones) is 1. The van der Waals surface area contributed by atoms with Crippen LogP contribution in [0, 0.1) is 0 Å². The SMILES string of the molecule is COC1=CC(=O)O[C@@H](/C=C/c2ccc3c(c2)OCO3)[C@H]1O. The first-order valence-electron chi connectivity index (χ1n) is 6.39. The Bertz CT molecular complexity index is 619. The number of carbonyl (C=O) groups is 1. The molecule has 0 bridgehead atoms. The quantitative estimate of drug-likeness (QED) is 0.844. The van der Waals surface area contributed by atoms with E-state index in [1.165, 1.54) is 7.11 Å². The molecule has 0 amide bonds. The summed E-state index contributed by atoms with van der Waals surface area (Å²) < 4.78 is 20.5. The molecule has 0 spiro atoms. The van der Waals surface area contributed by atoms with Crippen LogP contribution in [0.3, 0.4) is 0 Å². The van der Waals surface area contributed by atoms with Gasteiger partial charge in [-0.1, -0.05) is 12.1 Å². The van der Waals surface area contributed by atoms with Crippen molar-refractivity contribution in [2.75, 3.05) is 13.9 Å². The topological polar surface area (TPSA) is 74.2 Å². The van der Waals surface area contributed by atoms with Crippen LogP contribution in [-0.2, 0) is 14.3 Å². The Hall–Kier alpha value is -2.47. The molecule has 3 rings (SSSR count). The van der Waals surface area contributed by atoms with Crippen LogP contribution < -0.4 is 9.47 Å². The smallest absolute Gasteiger partial charge is 0.334 e. The van der Waals surface area contributed by atoms with Gasteiger partial charge in [0.25, 0.3) is 0 Å². The number of hydrogen-bond acceptors (Lipinski definition) is 6. The molecule has 0 radical (unpaired) electrons. The van der Waals surface area contributed by atoms with Gasteiger partial charge in [0, 0.05) is 0 Å². The predicted octanol–water partition coefficient (Wildman–Crippen LogP) is 1.25. The van der Waals surface area contributed by atoms with E-state index in [1.807, 2.05) is 12.1 Å². The molecule has 0 aliphatic carbocycles. The number of ether oxygens (including phenoxy) is 4. The molecule has 2 atom stereocenters. The van der Waals surface area contributed by atoms with Gasteiger partial charge in [-0.05, 0) is 23.8 Å². The van der Waals surface area contributed by atoms with Crippen molar-refractivity contribution < 1.29 is 28.8 Å². The molecule has 2 aliphatic rings. The first-order chi connectivity index (χ1) is 10.2. The Balaban J connectivity index is 1.77. The Kier molecular flexibility index (Phi) is 3.53. The normalized spacial score (nSPS) is 23.9. The fourth-order valence-corrected chi connectivity index (χ4v) is 2.14. The molecule has 21 heavy (non-hydrogen) atoms. The number of benzene rings is 1. The number of aliphatic hydroxyl groups is 1. The van der Waals surface area contributed by atoms with Crippen LogP contribution in [0.15, 0.2) is 36.1 Å². The molecule has 110 valence electrons. The van der Waals surface area contributed by atoms with E-state index in [0.717, 1.165) is 11.6 Å². The summed E-state index contributed by atoms with van der Waals surface area (Å²) in [5, 5.41) is 10.0. The summed E-state index contributed by atoms with van der Waals surface area (Å²) in [6, 6.07) is 5.45.